The minimum Gasteiger partial charge on any atom is -0.299 e. The third kappa shape index (κ3) is 6.94. The van der Waals surface area contributed by atoms with Gasteiger partial charge in [-0.1, -0.05) is 43.7 Å². The van der Waals surface area contributed by atoms with Crippen molar-refractivity contribution in [1.29, 1.82) is 0 Å². The fourth-order valence-corrected chi connectivity index (χ4v) is 2.06. The van der Waals surface area contributed by atoms with Gasteiger partial charge in [-0.05, 0) is 31.5 Å². The van der Waals surface area contributed by atoms with Gasteiger partial charge in [0, 0.05) is 13.0 Å². The molecule has 0 fully saturated rings. The van der Waals surface area contributed by atoms with Crippen LogP contribution in [0.5, 0.6) is 0 Å². The van der Waals surface area contributed by atoms with E-state index in [4.69, 9.17) is 5.84 Å². The minimum absolute atomic E-state index is 0.0726. The Morgan fingerprint density at radius 3 is 2.58 bits per heavy atom. The summed E-state index contributed by atoms with van der Waals surface area (Å²) in [5, 5.41) is 0. The second kappa shape index (κ2) is 9.53. The van der Waals surface area contributed by atoms with Crippen LogP contribution in [0.15, 0.2) is 30.3 Å². The number of hydrazine groups is 1. The van der Waals surface area contributed by atoms with Crippen LogP contribution in [0.4, 0.5) is 0 Å². The number of nitrogens with zero attached hydrogens (tertiary/aromatic N) is 1. The van der Waals surface area contributed by atoms with Crippen LogP contribution in [-0.2, 0) is 11.3 Å². The summed E-state index contributed by atoms with van der Waals surface area (Å²) >= 11 is 0. The number of nitrogens with two attached hydrogens (primary N) is 1. The monoisotopic (exact) mass is 263 g/mol. The van der Waals surface area contributed by atoms with Crippen molar-refractivity contribution in [1.82, 2.24) is 10.3 Å². The van der Waals surface area contributed by atoms with Crippen LogP contribution in [0.25, 0.3) is 0 Å². The predicted molar refractivity (Wildman–Crippen MR) is 78.2 cm³/mol. The van der Waals surface area contributed by atoms with E-state index >= 15 is 0 Å². The van der Waals surface area contributed by atoms with Gasteiger partial charge < -0.3 is 0 Å². The third-order valence-corrected chi connectivity index (χ3v) is 3.24. The van der Waals surface area contributed by atoms with Gasteiger partial charge in [-0.2, -0.15) is 0 Å². The van der Waals surface area contributed by atoms with Crippen LogP contribution < -0.4 is 11.3 Å². The van der Waals surface area contributed by atoms with Gasteiger partial charge in [0.05, 0.1) is 0 Å². The van der Waals surface area contributed by atoms with Crippen LogP contribution in [-0.4, -0.2) is 23.9 Å². The highest BCUT2D eigenvalue weighted by molar-refractivity contribution is 5.74. The molecule has 0 bridgehead atoms. The smallest absolute Gasteiger partial charge is 0.233 e. The molecule has 0 heterocycles. The Morgan fingerprint density at radius 2 is 1.95 bits per heavy atom. The molecule has 3 N–H and O–H groups in total. The first kappa shape index (κ1) is 15.7. The number of hydrogen-bond donors (Lipinski definition) is 2. The second-order valence-electron chi connectivity index (χ2n) is 4.73. The molecule has 0 spiro atoms. The molecule has 0 atom stereocenters. The normalized spacial score (nSPS) is 10.7. The maximum Gasteiger partial charge on any atom is 0.233 e. The second-order valence-corrected chi connectivity index (χ2v) is 4.73. The number of rotatable bonds is 9. The number of amides is 1. The number of nitrogens with one attached hydrogen (secondary N) is 1. The highest BCUT2D eigenvalue weighted by Gasteiger charge is 2.04. The van der Waals surface area contributed by atoms with Gasteiger partial charge in [0.15, 0.2) is 0 Å². The van der Waals surface area contributed by atoms with Crippen molar-refractivity contribution in [3.05, 3.63) is 35.9 Å². The average Bonchev–Trinajstić information content (AvgIpc) is 2.46. The van der Waals surface area contributed by atoms with Crippen molar-refractivity contribution in [2.24, 2.45) is 5.84 Å². The summed E-state index contributed by atoms with van der Waals surface area (Å²) in [6, 6.07) is 10.5. The SMILES string of the molecule is CCN(CCCCCC(=O)NN)Cc1ccccc1. The van der Waals surface area contributed by atoms with Crippen molar-refractivity contribution < 1.29 is 4.79 Å². The Hall–Kier alpha value is -1.39. The zero-order valence-electron chi connectivity index (χ0n) is 11.8. The molecule has 19 heavy (non-hydrogen) atoms. The molecular formula is C15H25N3O. The molecule has 1 aromatic carbocycles. The number of carbonyl (C=O) groups excluding carboxylic acids is 1. The van der Waals surface area contributed by atoms with E-state index in [9.17, 15) is 4.79 Å². The van der Waals surface area contributed by atoms with Gasteiger partial charge in [0.2, 0.25) is 5.91 Å². The van der Waals surface area contributed by atoms with Crippen molar-refractivity contribution >= 4 is 5.91 Å². The Bertz CT molecular complexity index is 354. The first-order valence-electron chi connectivity index (χ1n) is 7.02. The Kier molecular flexibility index (Phi) is 7.86. The van der Waals surface area contributed by atoms with Crippen LogP contribution >= 0.6 is 0 Å². The standard InChI is InChI=1S/C15H25N3O/c1-2-18(13-14-9-5-3-6-10-14)12-8-4-7-11-15(19)17-16/h3,5-6,9-10H,2,4,7-8,11-13,16H2,1H3,(H,17,19). The highest BCUT2D eigenvalue weighted by Crippen LogP contribution is 2.07. The van der Waals surface area contributed by atoms with Gasteiger partial charge in [0.1, 0.15) is 0 Å². The van der Waals surface area contributed by atoms with Crippen molar-refractivity contribution in [3.8, 4) is 0 Å². The van der Waals surface area contributed by atoms with E-state index in [1.807, 2.05) is 6.07 Å². The molecule has 1 amide bonds. The fraction of sp³-hybridized carbons (Fsp3) is 0.533. The van der Waals surface area contributed by atoms with Crippen LogP contribution in [0.3, 0.4) is 0 Å². The third-order valence-electron chi connectivity index (χ3n) is 3.24. The van der Waals surface area contributed by atoms with Crippen LogP contribution in [0, 0.1) is 0 Å². The van der Waals surface area contributed by atoms with Crippen LogP contribution in [0.1, 0.15) is 38.2 Å². The largest absolute Gasteiger partial charge is 0.299 e. The molecule has 0 aromatic heterocycles. The molecule has 0 aliphatic carbocycles. The molecule has 0 aliphatic rings. The zero-order chi connectivity index (χ0) is 13.9. The summed E-state index contributed by atoms with van der Waals surface area (Å²) in [5.74, 6) is 4.96. The first-order chi connectivity index (χ1) is 9.26. The van der Waals surface area contributed by atoms with Gasteiger partial charge >= 0.3 is 0 Å². The molecule has 0 saturated heterocycles. The lowest BCUT2D eigenvalue weighted by Gasteiger charge is -2.20. The Morgan fingerprint density at radius 1 is 1.21 bits per heavy atom. The summed E-state index contributed by atoms with van der Waals surface area (Å²) in [4.78, 5) is 13.4. The van der Waals surface area contributed by atoms with E-state index < -0.39 is 0 Å². The lowest BCUT2D eigenvalue weighted by atomic mass is 10.1. The number of unbranched alkanes of at least 4 members (excludes halogenated alkanes) is 2. The summed E-state index contributed by atoms with van der Waals surface area (Å²) < 4.78 is 0. The quantitative estimate of drug-likeness (QED) is 0.310. The van der Waals surface area contributed by atoms with Crippen molar-refractivity contribution in [2.45, 2.75) is 39.2 Å². The molecule has 4 heteroatoms. The molecule has 106 valence electrons. The highest BCUT2D eigenvalue weighted by atomic mass is 16.2. The number of hydrogen-bond acceptors (Lipinski definition) is 3. The molecular weight excluding hydrogens is 238 g/mol. The summed E-state index contributed by atoms with van der Waals surface area (Å²) in [7, 11) is 0. The van der Waals surface area contributed by atoms with E-state index in [0.717, 1.165) is 38.9 Å². The van der Waals surface area contributed by atoms with Gasteiger partial charge in [-0.3, -0.25) is 15.1 Å². The topological polar surface area (TPSA) is 58.4 Å². The molecule has 4 nitrogen and oxygen atoms in total. The predicted octanol–water partition coefficient (Wildman–Crippen LogP) is 2.06. The van der Waals surface area contributed by atoms with Gasteiger partial charge in [-0.15, -0.1) is 0 Å². The van der Waals surface area contributed by atoms with Crippen molar-refractivity contribution in [3.63, 3.8) is 0 Å². The van der Waals surface area contributed by atoms with Gasteiger partial charge in [0.25, 0.3) is 0 Å². The fourth-order valence-electron chi connectivity index (χ4n) is 2.06. The van der Waals surface area contributed by atoms with E-state index in [1.165, 1.54) is 5.56 Å². The summed E-state index contributed by atoms with van der Waals surface area (Å²) in [6.45, 7) is 5.32. The van der Waals surface area contributed by atoms with E-state index in [-0.39, 0.29) is 5.91 Å². The lowest BCUT2D eigenvalue weighted by Crippen LogP contribution is -2.29. The van der Waals surface area contributed by atoms with Crippen LogP contribution in [0.2, 0.25) is 0 Å². The van der Waals surface area contributed by atoms with Crippen molar-refractivity contribution in [2.75, 3.05) is 13.1 Å². The van der Waals surface area contributed by atoms with Gasteiger partial charge in [-0.25, -0.2) is 5.84 Å². The molecule has 1 rings (SSSR count). The number of carbonyl (C=O) groups is 1. The zero-order valence-corrected chi connectivity index (χ0v) is 11.8. The molecule has 0 saturated carbocycles. The first-order valence-corrected chi connectivity index (χ1v) is 7.02. The Labute approximate surface area is 115 Å². The number of benzene rings is 1. The van der Waals surface area contributed by atoms with E-state index in [2.05, 4.69) is 41.5 Å². The summed E-state index contributed by atoms with van der Waals surface area (Å²) in [6.07, 6.45) is 3.63. The maximum atomic E-state index is 11.0. The molecule has 1 aromatic rings. The van der Waals surface area contributed by atoms with E-state index in [1.54, 1.807) is 0 Å². The minimum atomic E-state index is -0.0726. The molecule has 0 radical (unpaired) electrons. The summed E-state index contributed by atoms with van der Waals surface area (Å²) in [5.41, 5.74) is 3.51. The Balaban J connectivity index is 2.17. The molecule has 0 unspecified atom stereocenters. The maximum absolute atomic E-state index is 11.0. The van der Waals surface area contributed by atoms with E-state index in [0.29, 0.717) is 6.42 Å². The lowest BCUT2D eigenvalue weighted by molar-refractivity contribution is -0.121. The molecule has 0 aliphatic heterocycles. The average molecular weight is 263 g/mol.